The summed E-state index contributed by atoms with van der Waals surface area (Å²) in [6.07, 6.45) is 2.89. The van der Waals surface area contributed by atoms with Gasteiger partial charge >= 0.3 is 0 Å². The standard InChI is InChI=1S/C15H18F2N2S2/c1-15(13-9-11(10-18)3-4-14(13)16)7-5-12(6-8-15)19-21(2,17)20/h3-4,9,12H,2,5-8H2,1H3,(H,19,20). The number of benzene rings is 1. The minimum absolute atomic E-state index is 0.00437. The van der Waals surface area contributed by atoms with E-state index >= 15 is 0 Å². The molecule has 1 unspecified atom stereocenters. The summed E-state index contributed by atoms with van der Waals surface area (Å²) < 4.78 is 30.3. The molecular weight excluding hydrogens is 310 g/mol. The molecule has 0 aliphatic heterocycles. The fraction of sp³-hybridized carbons (Fsp3) is 0.467. The molecule has 1 atom stereocenters. The zero-order valence-electron chi connectivity index (χ0n) is 11.9. The van der Waals surface area contributed by atoms with Crippen molar-refractivity contribution in [3.05, 3.63) is 35.1 Å². The molecule has 114 valence electrons. The molecule has 2 nitrogen and oxygen atoms in total. The number of nitrogens with zero attached hydrogens (tertiary/aromatic N) is 1. The van der Waals surface area contributed by atoms with Crippen molar-refractivity contribution in [3.63, 3.8) is 0 Å². The lowest BCUT2D eigenvalue weighted by atomic mass is 9.69. The summed E-state index contributed by atoms with van der Waals surface area (Å²) in [5.74, 6) is 3.04. The van der Waals surface area contributed by atoms with Gasteiger partial charge < -0.3 is 0 Å². The van der Waals surface area contributed by atoms with Crippen LogP contribution in [0.1, 0.15) is 43.7 Å². The number of nitriles is 1. The summed E-state index contributed by atoms with van der Waals surface area (Å²) in [4.78, 5) is 0. The Bertz CT molecular complexity index is 669. The van der Waals surface area contributed by atoms with Crippen molar-refractivity contribution in [1.29, 1.82) is 5.26 Å². The predicted molar refractivity (Wildman–Crippen MR) is 86.8 cm³/mol. The second-order valence-corrected chi connectivity index (χ2v) is 8.86. The monoisotopic (exact) mass is 328 g/mol. The number of nitrogens with one attached hydrogen (secondary N) is 1. The van der Waals surface area contributed by atoms with Gasteiger partial charge in [0.2, 0.25) is 0 Å². The Labute approximate surface area is 129 Å². The third kappa shape index (κ3) is 4.00. The van der Waals surface area contributed by atoms with Crippen molar-refractivity contribution < 1.29 is 8.28 Å². The first-order valence-corrected chi connectivity index (χ1v) is 9.40. The highest BCUT2D eigenvalue weighted by molar-refractivity contribution is 8.34. The van der Waals surface area contributed by atoms with Crippen molar-refractivity contribution >= 4 is 25.8 Å². The van der Waals surface area contributed by atoms with Crippen LogP contribution in [0.25, 0.3) is 0 Å². The molecule has 6 heteroatoms. The van der Waals surface area contributed by atoms with Crippen molar-refractivity contribution in [2.75, 3.05) is 0 Å². The van der Waals surface area contributed by atoms with Crippen LogP contribution in [-0.4, -0.2) is 11.9 Å². The molecule has 0 heterocycles. The Balaban J connectivity index is 2.17. The van der Waals surface area contributed by atoms with Crippen LogP contribution in [-0.2, 0) is 25.4 Å². The maximum atomic E-state index is 14.1. The van der Waals surface area contributed by atoms with Crippen molar-refractivity contribution in [2.24, 2.45) is 0 Å². The zero-order valence-corrected chi connectivity index (χ0v) is 13.5. The van der Waals surface area contributed by atoms with Gasteiger partial charge in [-0.2, -0.15) is 9.15 Å². The zero-order chi connectivity index (χ0) is 15.7. The molecule has 1 saturated carbocycles. The Hall–Kier alpha value is -1.03. The molecule has 1 fully saturated rings. The summed E-state index contributed by atoms with van der Waals surface area (Å²) in [5.41, 5.74) is 0.710. The molecule has 0 aromatic heterocycles. The highest BCUT2D eigenvalue weighted by atomic mass is 32.9. The third-order valence-corrected chi connectivity index (χ3v) is 5.15. The first-order chi connectivity index (χ1) is 9.73. The summed E-state index contributed by atoms with van der Waals surface area (Å²) in [6, 6.07) is 6.50. The lowest BCUT2D eigenvalue weighted by Gasteiger charge is -2.38. The maximum Gasteiger partial charge on any atom is 0.127 e. The predicted octanol–water partition coefficient (Wildman–Crippen LogP) is 3.33. The van der Waals surface area contributed by atoms with E-state index < -0.39 is 8.75 Å². The van der Waals surface area contributed by atoms with E-state index in [1.807, 2.05) is 13.0 Å². The first-order valence-electron chi connectivity index (χ1n) is 6.78. The Morgan fingerprint density at radius 1 is 1.48 bits per heavy atom. The quantitative estimate of drug-likeness (QED) is 0.683. The number of rotatable bonds is 3. The Kier molecular flexibility index (Phi) is 4.66. The first kappa shape index (κ1) is 16.3. The molecule has 1 aromatic rings. The smallest absolute Gasteiger partial charge is 0.127 e. The largest absolute Gasteiger partial charge is 0.239 e. The highest BCUT2D eigenvalue weighted by Crippen LogP contribution is 2.40. The van der Waals surface area contributed by atoms with Gasteiger partial charge in [0.25, 0.3) is 0 Å². The molecule has 1 aromatic carbocycles. The van der Waals surface area contributed by atoms with Crippen molar-refractivity contribution in [1.82, 2.24) is 4.72 Å². The molecular formula is C15H18F2N2S2. The topological polar surface area (TPSA) is 35.8 Å². The Morgan fingerprint density at radius 3 is 2.62 bits per heavy atom. The van der Waals surface area contributed by atoms with Crippen LogP contribution >= 0.6 is 0 Å². The lowest BCUT2D eigenvalue weighted by molar-refractivity contribution is 0.276. The number of hydrogen-bond acceptors (Lipinski definition) is 2. The molecule has 0 bridgehead atoms. The van der Waals surface area contributed by atoms with Gasteiger partial charge in [-0.3, -0.25) is 0 Å². The van der Waals surface area contributed by atoms with Gasteiger partial charge in [-0.05, 0) is 71.9 Å². The normalized spacial score (nSPS) is 28.6. The fourth-order valence-corrected chi connectivity index (χ4v) is 4.09. The van der Waals surface area contributed by atoms with E-state index in [2.05, 4.69) is 21.8 Å². The van der Waals surface area contributed by atoms with E-state index in [-0.39, 0.29) is 17.3 Å². The van der Waals surface area contributed by atoms with Crippen LogP contribution in [0.4, 0.5) is 8.28 Å². The average Bonchev–Trinajstić information content (AvgIpc) is 2.41. The van der Waals surface area contributed by atoms with E-state index in [0.717, 1.165) is 25.7 Å². The number of halogens is 2. The van der Waals surface area contributed by atoms with Gasteiger partial charge in [0.15, 0.2) is 0 Å². The van der Waals surface area contributed by atoms with Gasteiger partial charge in [0.05, 0.1) is 20.4 Å². The van der Waals surface area contributed by atoms with Crippen molar-refractivity contribution in [3.8, 4) is 6.07 Å². The van der Waals surface area contributed by atoms with Crippen LogP contribution in [0.3, 0.4) is 0 Å². The van der Waals surface area contributed by atoms with Crippen LogP contribution in [0, 0.1) is 17.1 Å². The van der Waals surface area contributed by atoms with Gasteiger partial charge in [-0.15, -0.1) is 0 Å². The van der Waals surface area contributed by atoms with E-state index in [0.29, 0.717) is 11.1 Å². The van der Waals surface area contributed by atoms with E-state index in [4.69, 9.17) is 5.26 Å². The van der Waals surface area contributed by atoms with Crippen LogP contribution in [0.5, 0.6) is 0 Å². The van der Waals surface area contributed by atoms with E-state index in [1.165, 1.54) is 12.1 Å². The minimum Gasteiger partial charge on any atom is -0.239 e. The van der Waals surface area contributed by atoms with Crippen LogP contribution in [0.15, 0.2) is 18.2 Å². The second kappa shape index (κ2) is 5.99. The molecule has 1 aliphatic carbocycles. The molecule has 2 rings (SSSR count). The maximum absolute atomic E-state index is 14.1. The molecule has 0 amide bonds. The Morgan fingerprint density at radius 2 is 2.10 bits per heavy atom. The average molecular weight is 328 g/mol. The van der Waals surface area contributed by atoms with Gasteiger partial charge in [-0.25, -0.2) is 9.11 Å². The summed E-state index contributed by atoms with van der Waals surface area (Å²) in [6.45, 7) is 2.00. The molecule has 1 N–H and O–H groups in total. The second-order valence-electron chi connectivity index (χ2n) is 5.85. The van der Waals surface area contributed by atoms with Crippen LogP contribution < -0.4 is 4.72 Å². The summed E-state index contributed by atoms with van der Waals surface area (Å²) in [5, 5.41) is 8.97. The number of hydrogen-bond donors (Lipinski definition) is 1. The molecule has 0 radical (unpaired) electrons. The minimum atomic E-state index is -2.88. The SMILES string of the molecule is C=S(F)(=S)NC1CCC(C)(c2cc(C#N)ccc2F)CC1. The fourth-order valence-electron chi connectivity index (χ4n) is 2.95. The third-order valence-electron chi connectivity index (χ3n) is 4.18. The van der Waals surface area contributed by atoms with Gasteiger partial charge in [-0.1, -0.05) is 6.92 Å². The lowest BCUT2D eigenvalue weighted by Crippen LogP contribution is -2.39. The van der Waals surface area contributed by atoms with E-state index in [1.54, 1.807) is 6.07 Å². The van der Waals surface area contributed by atoms with Crippen LogP contribution in [0.2, 0.25) is 0 Å². The molecule has 1 aliphatic rings. The van der Waals surface area contributed by atoms with Gasteiger partial charge in [0.1, 0.15) is 5.82 Å². The highest BCUT2D eigenvalue weighted by Gasteiger charge is 2.35. The van der Waals surface area contributed by atoms with Gasteiger partial charge in [0, 0.05) is 6.04 Å². The molecule has 0 saturated heterocycles. The van der Waals surface area contributed by atoms with Crippen molar-refractivity contribution in [2.45, 2.75) is 44.1 Å². The van der Waals surface area contributed by atoms with E-state index in [9.17, 15) is 8.28 Å². The molecule has 21 heavy (non-hydrogen) atoms. The summed E-state index contributed by atoms with van der Waals surface area (Å²) >= 11 is 4.67. The summed E-state index contributed by atoms with van der Waals surface area (Å²) in [7, 11) is -2.88. The molecule has 0 spiro atoms.